The molecule has 69 heavy (non-hydrogen) atoms. The number of ether oxygens (including phenoxy) is 4. The second kappa shape index (κ2) is 18.6. The highest BCUT2D eigenvalue weighted by atomic mass is 16.6. The number of fused-ring (bicyclic) bond motifs is 7. The molecule has 0 aromatic heterocycles. The first-order valence-corrected chi connectivity index (χ1v) is 24.3. The number of carbonyl (C=O) groups is 2. The summed E-state index contributed by atoms with van der Waals surface area (Å²) >= 11 is 0. The van der Waals surface area contributed by atoms with Gasteiger partial charge in [-0.2, -0.15) is 0 Å². The molecular formula is C59H60O10. The summed E-state index contributed by atoms with van der Waals surface area (Å²) in [4.78, 5) is 29.0. The van der Waals surface area contributed by atoms with Gasteiger partial charge in [0, 0.05) is 30.6 Å². The molecule has 0 saturated heterocycles. The first kappa shape index (κ1) is 46.0. The van der Waals surface area contributed by atoms with Crippen LogP contribution < -0.4 is 9.47 Å². The molecule has 0 spiro atoms. The summed E-state index contributed by atoms with van der Waals surface area (Å²) in [6.07, 6.45) is 7.97. The highest BCUT2D eigenvalue weighted by Gasteiger charge is 2.60. The van der Waals surface area contributed by atoms with Crippen LogP contribution in [-0.4, -0.2) is 65.4 Å². The van der Waals surface area contributed by atoms with Crippen LogP contribution in [0.5, 0.6) is 28.7 Å². The lowest BCUT2D eigenvalue weighted by atomic mass is 9.46. The number of aliphatic hydroxyl groups is 1. The van der Waals surface area contributed by atoms with E-state index in [0.717, 1.165) is 68.1 Å². The zero-order chi connectivity index (χ0) is 48.0. The van der Waals surface area contributed by atoms with Gasteiger partial charge in [-0.15, -0.1) is 0 Å². The summed E-state index contributed by atoms with van der Waals surface area (Å²) in [6.45, 7) is 1.15. The Morgan fingerprint density at radius 1 is 0.739 bits per heavy atom. The number of esters is 2. The van der Waals surface area contributed by atoms with E-state index in [-0.39, 0.29) is 48.1 Å². The van der Waals surface area contributed by atoms with E-state index in [4.69, 9.17) is 18.9 Å². The third kappa shape index (κ3) is 8.16. The van der Waals surface area contributed by atoms with Crippen LogP contribution in [0.4, 0.5) is 0 Å². The Morgan fingerprint density at radius 3 is 2.16 bits per heavy atom. The van der Waals surface area contributed by atoms with E-state index in [1.807, 2.05) is 84.9 Å². The van der Waals surface area contributed by atoms with Crippen molar-refractivity contribution >= 4 is 28.8 Å². The number of rotatable bonds is 10. The minimum atomic E-state index is -0.954. The van der Waals surface area contributed by atoms with Gasteiger partial charge in [0.15, 0.2) is 23.0 Å². The molecule has 356 valence electrons. The van der Waals surface area contributed by atoms with Crippen molar-refractivity contribution in [1.82, 2.24) is 0 Å². The van der Waals surface area contributed by atoms with Crippen LogP contribution >= 0.6 is 0 Å². The van der Waals surface area contributed by atoms with Gasteiger partial charge in [0.25, 0.3) is 0 Å². The molecule has 0 aliphatic heterocycles. The quantitative estimate of drug-likeness (QED) is 0.0977. The molecule has 0 bridgehead atoms. The van der Waals surface area contributed by atoms with Gasteiger partial charge >= 0.3 is 11.9 Å². The summed E-state index contributed by atoms with van der Waals surface area (Å²) in [5.41, 5.74) is 5.42. The summed E-state index contributed by atoms with van der Waals surface area (Å²) < 4.78 is 24.9. The number of aryl methyl sites for hydroxylation is 1. The largest absolute Gasteiger partial charge is 0.508 e. The number of methoxy groups -OCH3 is 2. The van der Waals surface area contributed by atoms with Crippen LogP contribution in [0.1, 0.15) is 97.1 Å². The van der Waals surface area contributed by atoms with Gasteiger partial charge in [0.2, 0.25) is 0 Å². The molecule has 7 unspecified atom stereocenters. The number of aromatic hydroxyl groups is 3. The molecule has 7 atom stereocenters. The zero-order valence-corrected chi connectivity index (χ0v) is 39.4. The second-order valence-corrected chi connectivity index (χ2v) is 19.7. The Bertz CT molecular complexity index is 2920. The number of hydrogen-bond acceptors (Lipinski definition) is 10. The maximum Gasteiger partial charge on any atom is 0.316 e. The fourth-order valence-corrected chi connectivity index (χ4v) is 13.2. The fourth-order valence-electron chi connectivity index (χ4n) is 13.2. The van der Waals surface area contributed by atoms with Crippen LogP contribution in [0.15, 0.2) is 121 Å². The van der Waals surface area contributed by atoms with Crippen LogP contribution in [0, 0.1) is 17.3 Å². The maximum atomic E-state index is 15.5. The van der Waals surface area contributed by atoms with Crippen molar-refractivity contribution in [3.63, 3.8) is 0 Å². The van der Waals surface area contributed by atoms with Crippen molar-refractivity contribution < 1.29 is 49.0 Å². The van der Waals surface area contributed by atoms with E-state index in [0.29, 0.717) is 50.0 Å². The first-order chi connectivity index (χ1) is 33.5. The average Bonchev–Trinajstić information content (AvgIpc) is 3.86. The van der Waals surface area contributed by atoms with Gasteiger partial charge in [-0.25, -0.2) is 0 Å². The lowest BCUT2D eigenvalue weighted by molar-refractivity contribution is -0.169. The molecule has 0 radical (unpaired) electrons. The highest BCUT2D eigenvalue weighted by molar-refractivity contribution is 5.99. The summed E-state index contributed by atoms with van der Waals surface area (Å²) in [6, 6.07) is 36.8. The molecule has 10 rings (SSSR count). The number of allylic oxidation sites excluding steroid dienone is 1. The van der Waals surface area contributed by atoms with Gasteiger partial charge in [-0.3, -0.25) is 9.59 Å². The molecule has 0 heterocycles. The van der Waals surface area contributed by atoms with Crippen LogP contribution in [0.3, 0.4) is 0 Å². The number of benzene rings is 6. The van der Waals surface area contributed by atoms with E-state index >= 15 is 4.79 Å². The number of carbonyl (C=O) groups excluding carboxylic acids is 2. The third-order valence-corrected chi connectivity index (χ3v) is 16.2. The highest BCUT2D eigenvalue weighted by Crippen LogP contribution is 2.65. The Hall–Kier alpha value is -6.78. The SMILES string of the molecule is COc1cc2c(cc1O)C(CO)C1(C=Cc3ccccc3)C(C2)C(OC(C)=O)CC(OC(=O)C2(c3ccc4cc(O)cc(-c5ccccc5)c4c3)CCCC2)CC2c3cc(OC)c(O)cc3CCC21. The van der Waals surface area contributed by atoms with E-state index in [1.54, 1.807) is 24.3 Å². The van der Waals surface area contributed by atoms with E-state index in [9.17, 15) is 25.2 Å². The Labute approximate surface area is 403 Å². The van der Waals surface area contributed by atoms with Crippen LogP contribution in [0.2, 0.25) is 0 Å². The molecule has 10 heteroatoms. The monoisotopic (exact) mass is 928 g/mol. The minimum Gasteiger partial charge on any atom is -0.508 e. The second-order valence-electron chi connectivity index (χ2n) is 19.7. The van der Waals surface area contributed by atoms with Crippen LogP contribution in [0.25, 0.3) is 28.0 Å². The summed E-state index contributed by atoms with van der Waals surface area (Å²) in [5.74, 6) is -1.49. The number of hydrogen-bond donors (Lipinski definition) is 4. The lowest BCUT2D eigenvalue weighted by Crippen LogP contribution is -2.56. The predicted molar refractivity (Wildman–Crippen MR) is 265 cm³/mol. The molecule has 2 fully saturated rings. The van der Waals surface area contributed by atoms with E-state index in [2.05, 4.69) is 18.2 Å². The molecular weight excluding hydrogens is 869 g/mol. The Morgan fingerprint density at radius 2 is 1.45 bits per heavy atom. The Balaban J connectivity index is 1.14. The van der Waals surface area contributed by atoms with Gasteiger partial charge in [0.05, 0.1) is 26.2 Å². The molecule has 4 aliphatic carbocycles. The molecule has 4 N–H and O–H groups in total. The topological polar surface area (TPSA) is 152 Å². The number of phenolic OH excluding ortho intramolecular Hbond substituents is 3. The van der Waals surface area contributed by atoms with Gasteiger partial charge in [0.1, 0.15) is 18.0 Å². The normalized spacial score (nSPS) is 24.8. The third-order valence-electron chi connectivity index (χ3n) is 16.2. The first-order valence-electron chi connectivity index (χ1n) is 24.3. The molecule has 6 aromatic carbocycles. The van der Waals surface area contributed by atoms with E-state index < -0.39 is 40.8 Å². The minimum absolute atomic E-state index is 0.0304. The maximum absolute atomic E-state index is 15.5. The van der Waals surface area contributed by atoms with Gasteiger partial charge in [-0.1, -0.05) is 97.8 Å². The van der Waals surface area contributed by atoms with Crippen molar-refractivity contribution in [2.75, 3.05) is 20.8 Å². The van der Waals surface area contributed by atoms with Crippen molar-refractivity contribution in [3.05, 3.63) is 155 Å². The standard InChI is InChI=1S/C59H60O10/c1-35(61)68-54-31-43(69-57(65)58(21-10-11-22-58)41-18-16-38-24-42(62)29-45(44(38)28-41)37-14-8-5-9-15-37)30-48-46-33-56(67-3)52(63)26-39(46)17-19-49(48)59(23-20-36-12-6-4-7-13-36)50(54)25-40-27-55(66-2)53(64)32-47(40)51(59)34-60/h4-9,12-16,18,20,23-24,26-29,32-33,43,48-51,54,60,62-64H,10-11,17,19,21-22,25,30-31,34H2,1-3H3. The molecule has 4 aliphatic rings. The fraction of sp³-hybridized carbons (Fsp3) is 0.356. The van der Waals surface area contributed by atoms with Crippen molar-refractivity contribution in [3.8, 4) is 39.9 Å². The van der Waals surface area contributed by atoms with E-state index in [1.165, 1.54) is 21.1 Å². The molecule has 6 aromatic rings. The van der Waals surface area contributed by atoms with Crippen LogP contribution in [-0.2, 0) is 37.3 Å². The van der Waals surface area contributed by atoms with Crippen molar-refractivity contribution in [2.45, 2.75) is 94.2 Å². The van der Waals surface area contributed by atoms with Gasteiger partial charge in [-0.05, 0) is 148 Å². The Kier molecular flexibility index (Phi) is 12.4. The summed E-state index contributed by atoms with van der Waals surface area (Å²) in [5, 5.41) is 47.0. The number of phenols is 3. The average molecular weight is 929 g/mol. The lowest BCUT2D eigenvalue weighted by Gasteiger charge is -2.59. The smallest absolute Gasteiger partial charge is 0.316 e. The molecule has 2 saturated carbocycles. The summed E-state index contributed by atoms with van der Waals surface area (Å²) in [7, 11) is 3.05. The molecule has 0 amide bonds. The van der Waals surface area contributed by atoms with Gasteiger partial charge < -0.3 is 39.4 Å². The predicted octanol–water partition coefficient (Wildman–Crippen LogP) is 11.1. The van der Waals surface area contributed by atoms with Crippen molar-refractivity contribution in [2.24, 2.45) is 17.3 Å². The number of aliphatic hydroxyl groups excluding tert-OH is 1. The zero-order valence-electron chi connectivity index (χ0n) is 39.4. The van der Waals surface area contributed by atoms with Crippen molar-refractivity contribution in [1.29, 1.82) is 0 Å². The molecule has 10 nitrogen and oxygen atoms in total.